The lowest BCUT2D eigenvalue weighted by molar-refractivity contribution is 0.0696. The van der Waals surface area contributed by atoms with E-state index in [1.807, 2.05) is 0 Å². The zero-order chi connectivity index (χ0) is 15.6. The Labute approximate surface area is 121 Å². The zero-order valence-electron chi connectivity index (χ0n) is 11.1. The lowest BCUT2D eigenvalue weighted by atomic mass is 10.1. The second kappa shape index (κ2) is 5.45. The molecule has 3 N–H and O–H groups in total. The maximum atomic E-state index is 12.3. The van der Waals surface area contributed by atoms with Gasteiger partial charge in [-0.15, -0.1) is 0 Å². The highest BCUT2D eigenvalue weighted by Gasteiger charge is 2.19. The van der Waals surface area contributed by atoms with E-state index in [4.69, 9.17) is 5.11 Å². The quantitative estimate of drug-likeness (QED) is 0.751. The molecule has 0 saturated carbocycles. The summed E-state index contributed by atoms with van der Waals surface area (Å²) in [7, 11) is -3.91. The number of phenolic OH excluding ortho intramolecular Hbond substituents is 1. The molecule has 0 radical (unpaired) electrons. The molecule has 0 spiro atoms. The number of sulfonamides is 1. The van der Waals surface area contributed by atoms with Gasteiger partial charge in [-0.25, -0.2) is 13.2 Å². The van der Waals surface area contributed by atoms with Crippen molar-refractivity contribution in [2.45, 2.75) is 11.8 Å². The molecule has 2 aromatic carbocycles. The monoisotopic (exact) mass is 307 g/mol. The Bertz CT molecular complexity index is 782. The number of benzene rings is 2. The van der Waals surface area contributed by atoms with Gasteiger partial charge in [-0.3, -0.25) is 4.72 Å². The number of aromatic carboxylic acids is 1. The molecule has 6 nitrogen and oxygen atoms in total. The number of hydrogen-bond acceptors (Lipinski definition) is 4. The molecule has 0 aliphatic rings. The number of carboxylic acids is 1. The number of nitrogens with one attached hydrogen (secondary N) is 1. The summed E-state index contributed by atoms with van der Waals surface area (Å²) >= 11 is 0. The van der Waals surface area contributed by atoms with Crippen molar-refractivity contribution in [3.8, 4) is 5.75 Å². The van der Waals surface area contributed by atoms with Crippen LogP contribution in [0.25, 0.3) is 0 Å². The van der Waals surface area contributed by atoms with Crippen LogP contribution in [0.2, 0.25) is 0 Å². The molecule has 0 bridgehead atoms. The van der Waals surface area contributed by atoms with Crippen LogP contribution in [0.3, 0.4) is 0 Å². The Balaban J connectivity index is 2.41. The fourth-order valence-electron chi connectivity index (χ4n) is 1.76. The molecule has 0 aliphatic heterocycles. The Hall–Kier alpha value is -2.54. The van der Waals surface area contributed by atoms with Crippen LogP contribution < -0.4 is 4.72 Å². The molecule has 0 heterocycles. The summed E-state index contributed by atoms with van der Waals surface area (Å²) in [5, 5.41) is 18.1. The Morgan fingerprint density at radius 1 is 1.10 bits per heavy atom. The highest BCUT2D eigenvalue weighted by Crippen LogP contribution is 2.22. The van der Waals surface area contributed by atoms with Crippen molar-refractivity contribution in [2.24, 2.45) is 0 Å². The SMILES string of the molecule is Cc1ccc(C(=O)O)cc1S(=O)(=O)Nc1ccc(O)cc1. The normalized spacial score (nSPS) is 11.1. The van der Waals surface area contributed by atoms with Crippen LogP contribution in [0.15, 0.2) is 47.4 Å². The number of hydrogen-bond donors (Lipinski definition) is 3. The smallest absolute Gasteiger partial charge is 0.335 e. The van der Waals surface area contributed by atoms with E-state index in [2.05, 4.69) is 4.72 Å². The second-order valence-electron chi connectivity index (χ2n) is 4.44. The number of aryl methyl sites for hydroxylation is 1. The van der Waals surface area contributed by atoms with E-state index in [1.54, 1.807) is 6.92 Å². The molecule has 0 unspecified atom stereocenters. The summed E-state index contributed by atoms with van der Waals surface area (Å²) in [6.07, 6.45) is 0. The van der Waals surface area contributed by atoms with E-state index in [0.29, 0.717) is 5.56 Å². The topological polar surface area (TPSA) is 104 Å². The average molecular weight is 307 g/mol. The van der Waals surface area contributed by atoms with Gasteiger partial charge in [0, 0.05) is 5.69 Å². The number of anilines is 1. The van der Waals surface area contributed by atoms with Crippen molar-refractivity contribution < 1.29 is 23.4 Å². The third-order valence-electron chi connectivity index (χ3n) is 2.84. The van der Waals surface area contributed by atoms with Gasteiger partial charge in [0.15, 0.2) is 0 Å². The molecule has 0 aromatic heterocycles. The van der Waals surface area contributed by atoms with E-state index in [-0.39, 0.29) is 21.9 Å². The minimum Gasteiger partial charge on any atom is -0.508 e. The van der Waals surface area contributed by atoms with E-state index >= 15 is 0 Å². The van der Waals surface area contributed by atoms with Gasteiger partial charge in [0.25, 0.3) is 10.0 Å². The molecular weight excluding hydrogens is 294 g/mol. The summed E-state index contributed by atoms with van der Waals surface area (Å²) in [4.78, 5) is 10.8. The van der Waals surface area contributed by atoms with Crippen LogP contribution in [0.1, 0.15) is 15.9 Å². The van der Waals surface area contributed by atoms with Crippen LogP contribution in [0.4, 0.5) is 5.69 Å². The van der Waals surface area contributed by atoms with Gasteiger partial charge < -0.3 is 10.2 Å². The van der Waals surface area contributed by atoms with E-state index in [1.165, 1.54) is 36.4 Å². The van der Waals surface area contributed by atoms with Gasteiger partial charge in [0.1, 0.15) is 5.75 Å². The molecule has 0 amide bonds. The van der Waals surface area contributed by atoms with Crippen molar-refractivity contribution in [3.05, 3.63) is 53.6 Å². The largest absolute Gasteiger partial charge is 0.508 e. The van der Waals surface area contributed by atoms with Crippen molar-refractivity contribution in [3.63, 3.8) is 0 Å². The number of phenols is 1. The van der Waals surface area contributed by atoms with Crippen LogP contribution in [0.5, 0.6) is 5.75 Å². The fourth-order valence-corrected chi connectivity index (χ4v) is 3.09. The standard InChI is InChI=1S/C14H13NO5S/c1-9-2-3-10(14(17)18)8-13(9)21(19,20)15-11-4-6-12(16)7-5-11/h2-8,15-16H,1H3,(H,17,18). The molecule has 0 fully saturated rings. The predicted octanol–water partition coefficient (Wildman–Crippen LogP) is 2.20. The van der Waals surface area contributed by atoms with Crippen molar-refractivity contribution in [2.75, 3.05) is 4.72 Å². The minimum absolute atomic E-state index is 0.0157. The van der Waals surface area contributed by atoms with Gasteiger partial charge in [-0.05, 0) is 48.9 Å². The fraction of sp³-hybridized carbons (Fsp3) is 0.0714. The summed E-state index contributed by atoms with van der Waals surface area (Å²) < 4.78 is 27.0. The number of carboxylic acid groups (broad SMARTS) is 1. The summed E-state index contributed by atoms with van der Waals surface area (Å²) in [5.41, 5.74) is 0.603. The van der Waals surface area contributed by atoms with Crippen LogP contribution >= 0.6 is 0 Å². The van der Waals surface area contributed by atoms with E-state index < -0.39 is 16.0 Å². The van der Waals surface area contributed by atoms with Crippen molar-refractivity contribution in [1.82, 2.24) is 0 Å². The van der Waals surface area contributed by atoms with Crippen LogP contribution in [-0.2, 0) is 10.0 Å². The first-order valence-electron chi connectivity index (χ1n) is 5.95. The molecule has 7 heteroatoms. The zero-order valence-corrected chi connectivity index (χ0v) is 11.9. The number of rotatable bonds is 4. The molecular formula is C14H13NO5S. The second-order valence-corrected chi connectivity index (χ2v) is 6.09. The summed E-state index contributed by atoms with van der Waals surface area (Å²) in [6.45, 7) is 1.58. The van der Waals surface area contributed by atoms with Gasteiger partial charge in [0.2, 0.25) is 0 Å². The summed E-state index contributed by atoms with van der Waals surface area (Å²) in [6, 6.07) is 9.40. The highest BCUT2D eigenvalue weighted by atomic mass is 32.2. The summed E-state index contributed by atoms with van der Waals surface area (Å²) in [5.74, 6) is -1.18. The molecule has 0 atom stereocenters. The molecule has 0 aliphatic carbocycles. The lowest BCUT2D eigenvalue weighted by Crippen LogP contribution is -2.15. The van der Waals surface area contributed by atoms with Crippen LogP contribution in [-0.4, -0.2) is 24.6 Å². The van der Waals surface area contributed by atoms with Crippen LogP contribution in [0, 0.1) is 6.92 Å². The number of carbonyl (C=O) groups is 1. The molecule has 110 valence electrons. The highest BCUT2D eigenvalue weighted by molar-refractivity contribution is 7.92. The molecule has 0 saturated heterocycles. The minimum atomic E-state index is -3.91. The third-order valence-corrected chi connectivity index (χ3v) is 4.37. The first-order valence-corrected chi connectivity index (χ1v) is 7.44. The third kappa shape index (κ3) is 3.32. The van der Waals surface area contributed by atoms with E-state index in [9.17, 15) is 18.3 Å². The lowest BCUT2D eigenvalue weighted by Gasteiger charge is -2.11. The van der Waals surface area contributed by atoms with Crippen molar-refractivity contribution in [1.29, 1.82) is 0 Å². The van der Waals surface area contributed by atoms with Gasteiger partial charge in [0.05, 0.1) is 10.5 Å². The maximum Gasteiger partial charge on any atom is 0.335 e. The first kappa shape index (κ1) is 14.9. The Morgan fingerprint density at radius 2 is 1.71 bits per heavy atom. The van der Waals surface area contributed by atoms with Gasteiger partial charge >= 0.3 is 5.97 Å². The average Bonchev–Trinajstić information content (AvgIpc) is 2.41. The molecule has 2 rings (SSSR count). The Kier molecular flexibility index (Phi) is 3.86. The predicted molar refractivity (Wildman–Crippen MR) is 77.1 cm³/mol. The first-order chi connectivity index (χ1) is 9.79. The maximum absolute atomic E-state index is 12.3. The molecule has 2 aromatic rings. The number of aromatic hydroxyl groups is 1. The van der Waals surface area contributed by atoms with E-state index in [0.717, 1.165) is 6.07 Å². The van der Waals surface area contributed by atoms with Gasteiger partial charge in [-0.1, -0.05) is 6.07 Å². The molecule has 21 heavy (non-hydrogen) atoms. The van der Waals surface area contributed by atoms with Gasteiger partial charge in [-0.2, -0.15) is 0 Å². The van der Waals surface area contributed by atoms with Crippen molar-refractivity contribution >= 4 is 21.7 Å². The Morgan fingerprint density at radius 3 is 2.29 bits per heavy atom.